The number of nitrogens with two attached hydrogens (primary N) is 2. The third-order valence-corrected chi connectivity index (χ3v) is 6.25. The average molecular weight is 434 g/mol. The van der Waals surface area contributed by atoms with Crippen LogP contribution in [0.25, 0.3) is 0 Å². The number of piperidine rings is 1. The van der Waals surface area contributed by atoms with Crippen molar-refractivity contribution < 1.29 is 4.79 Å². The summed E-state index contributed by atoms with van der Waals surface area (Å²) in [6, 6.07) is 3.65. The van der Waals surface area contributed by atoms with Crippen molar-refractivity contribution in [2.75, 3.05) is 29.5 Å². The number of anilines is 3. The van der Waals surface area contributed by atoms with E-state index in [-0.39, 0.29) is 23.8 Å². The molecule has 32 heavy (non-hydrogen) atoms. The molecule has 8 nitrogen and oxygen atoms in total. The first-order valence-electron chi connectivity index (χ1n) is 11.4. The van der Waals surface area contributed by atoms with E-state index < -0.39 is 0 Å². The summed E-state index contributed by atoms with van der Waals surface area (Å²) in [6.07, 6.45) is 9.13. The third kappa shape index (κ3) is 5.28. The number of rotatable bonds is 3. The number of pyridine rings is 1. The lowest BCUT2D eigenvalue weighted by Crippen LogP contribution is -2.50. The van der Waals surface area contributed by atoms with Gasteiger partial charge < -0.3 is 21.7 Å². The minimum Gasteiger partial charge on any atom is -0.384 e. The molecule has 1 unspecified atom stereocenters. The fourth-order valence-electron chi connectivity index (χ4n) is 4.54. The number of carbonyl (C=O) groups is 1. The summed E-state index contributed by atoms with van der Waals surface area (Å²) in [7, 11) is 0. The van der Waals surface area contributed by atoms with Crippen molar-refractivity contribution >= 4 is 23.5 Å². The third-order valence-electron chi connectivity index (χ3n) is 6.25. The molecule has 4 rings (SSSR count). The van der Waals surface area contributed by atoms with E-state index in [1.54, 1.807) is 12.3 Å². The number of nitrogen functional groups attached to an aromatic ring is 2. The Morgan fingerprint density at radius 3 is 2.66 bits per heavy atom. The number of aryl methyl sites for hydroxylation is 1. The fraction of sp³-hybridized carbons (Fsp3) is 0.500. The predicted molar refractivity (Wildman–Crippen MR) is 126 cm³/mol. The standard InChI is InChI=1S/C24H31N7O/c1-16-20(11-9-17-10-12-21(25)27-14-17)22(30-24(26)28-16)31-13-5-8-19(15-31)29-23(32)18-6-3-2-4-7-18/h10,12,14,18-19H,2-8,13,15H2,1H3,(H2,25,27)(H,29,32)(H2,26,28,30). The molecule has 2 aliphatic rings. The van der Waals surface area contributed by atoms with Crippen LogP contribution < -0.4 is 21.7 Å². The molecule has 1 amide bonds. The topological polar surface area (TPSA) is 123 Å². The summed E-state index contributed by atoms with van der Waals surface area (Å²) < 4.78 is 0. The molecule has 8 heteroatoms. The van der Waals surface area contributed by atoms with Crippen molar-refractivity contribution in [3.05, 3.63) is 35.2 Å². The highest BCUT2D eigenvalue weighted by Gasteiger charge is 2.28. The summed E-state index contributed by atoms with van der Waals surface area (Å²) in [6.45, 7) is 3.41. The molecule has 1 aliphatic carbocycles. The second-order valence-electron chi connectivity index (χ2n) is 8.72. The number of hydrogen-bond donors (Lipinski definition) is 3. The number of hydrogen-bond acceptors (Lipinski definition) is 7. The van der Waals surface area contributed by atoms with Crippen LogP contribution in [0.2, 0.25) is 0 Å². The van der Waals surface area contributed by atoms with E-state index in [1.165, 1.54) is 6.42 Å². The zero-order valence-corrected chi connectivity index (χ0v) is 18.6. The fourth-order valence-corrected chi connectivity index (χ4v) is 4.54. The van der Waals surface area contributed by atoms with Crippen LogP contribution in [-0.2, 0) is 4.79 Å². The first kappa shape index (κ1) is 21.9. The molecule has 0 aromatic carbocycles. The minimum atomic E-state index is 0.0942. The SMILES string of the molecule is Cc1nc(N)nc(N2CCCC(NC(=O)C3CCCCC3)C2)c1C#Cc1ccc(N)nc1. The molecular formula is C24H31N7O. The van der Waals surface area contributed by atoms with E-state index in [4.69, 9.17) is 11.5 Å². The zero-order chi connectivity index (χ0) is 22.5. The molecule has 0 spiro atoms. The van der Waals surface area contributed by atoms with Gasteiger partial charge in [0.2, 0.25) is 11.9 Å². The van der Waals surface area contributed by atoms with Gasteiger partial charge in [-0.05, 0) is 44.7 Å². The molecule has 5 N–H and O–H groups in total. The first-order chi connectivity index (χ1) is 15.5. The average Bonchev–Trinajstić information content (AvgIpc) is 2.80. The Hall–Kier alpha value is -3.34. The largest absolute Gasteiger partial charge is 0.384 e. The molecule has 168 valence electrons. The van der Waals surface area contributed by atoms with Gasteiger partial charge in [-0.2, -0.15) is 4.98 Å². The van der Waals surface area contributed by atoms with Crippen molar-refractivity contribution in [3.63, 3.8) is 0 Å². The van der Waals surface area contributed by atoms with Gasteiger partial charge in [0.25, 0.3) is 0 Å². The molecule has 2 aromatic rings. The van der Waals surface area contributed by atoms with Gasteiger partial charge in [-0.25, -0.2) is 9.97 Å². The Morgan fingerprint density at radius 1 is 1.09 bits per heavy atom. The van der Waals surface area contributed by atoms with Crippen LogP contribution in [0.5, 0.6) is 0 Å². The predicted octanol–water partition coefficient (Wildman–Crippen LogP) is 2.41. The Morgan fingerprint density at radius 2 is 1.91 bits per heavy atom. The number of aromatic nitrogens is 3. The molecule has 3 heterocycles. The van der Waals surface area contributed by atoms with Crippen molar-refractivity contribution in [2.45, 2.75) is 57.9 Å². The minimum absolute atomic E-state index is 0.0942. The summed E-state index contributed by atoms with van der Waals surface area (Å²) in [4.78, 5) is 27.9. The molecule has 1 saturated heterocycles. The smallest absolute Gasteiger partial charge is 0.223 e. The van der Waals surface area contributed by atoms with Crippen LogP contribution in [0, 0.1) is 24.7 Å². The summed E-state index contributed by atoms with van der Waals surface area (Å²) in [5, 5.41) is 3.29. The van der Waals surface area contributed by atoms with E-state index in [9.17, 15) is 4.79 Å². The van der Waals surface area contributed by atoms with Crippen molar-refractivity contribution in [1.82, 2.24) is 20.3 Å². The lowest BCUT2D eigenvalue weighted by Gasteiger charge is -2.35. The normalized spacial score (nSPS) is 19.2. The molecule has 0 radical (unpaired) electrons. The van der Waals surface area contributed by atoms with Gasteiger partial charge in [0, 0.05) is 36.8 Å². The van der Waals surface area contributed by atoms with Gasteiger partial charge in [0.1, 0.15) is 11.6 Å². The Labute approximate surface area is 189 Å². The number of nitrogens with zero attached hydrogens (tertiary/aromatic N) is 4. The number of amides is 1. The quantitative estimate of drug-likeness (QED) is 0.635. The maximum absolute atomic E-state index is 12.8. The van der Waals surface area contributed by atoms with Crippen molar-refractivity contribution in [3.8, 4) is 11.8 Å². The Kier molecular flexibility index (Phi) is 6.74. The monoisotopic (exact) mass is 433 g/mol. The van der Waals surface area contributed by atoms with Crippen LogP contribution in [-0.4, -0.2) is 40.0 Å². The highest BCUT2D eigenvalue weighted by molar-refractivity contribution is 5.79. The van der Waals surface area contributed by atoms with Crippen LogP contribution in [0.4, 0.5) is 17.6 Å². The Balaban J connectivity index is 1.53. The van der Waals surface area contributed by atoms with Crippen molar-refractivity contribution in [2.24, 2.45) is 5.92 Å². The molecule has 0 bridgehead atoms. The van der Waals surface area contributed by atoms with Gasteiger partial charge in [0.15, 0.2) is 0 Å². The van der Waals surface area contributed by atoms with Gasteiger partial charge in [0.05, 0.1) is 11.3 Å². The van der Waals surface area contributed by atoms with Gasteiger partial charge >= 0.3 is 0 Å². The molecule has 2 fully saturated rings. The molecule has 1 saturated carbocycles. The maximum atomic E-state index is 12.8. The van der Waals surface area contributed by atoms with Crippen LogP contribution in [0.15, 0.2) is 18.3 Å². The van der Waals surface area contributed by atoms with Gasteiger partial charge in [-0.1, -0.05) is 31.1 Å². The van der Waals surface area contributed by atoms with E-state index >= 15 is 0 Å². The molecule has 2 aromatic heterocycles. The molecular weight excluding hydrogens is 402 g/mol. The molecule has 1 aliphatic heterocycles. The van der Waals surface area contributed by atoms with Crippen LogP contribution >= 0.6 is 0 Å². The second-order valence-corrected chi connectivity index (χ2v) is 8.72. The van der Waals surface area contributed by atoms with Gasteiger partial charge in [-0.15, -0.1) is 0 Å². The second kappa shape index (κ2) is 9.86. The van der Waals surface area contributed by atoms with E-state index in [0.29, 0.717) is 12.4 Å². The Bertz CT molecular complexity index is 1020. The summed E-state index contributed by atoms with van der Waals surface area (Å²) in [5.41, 5.74) is 13.9. The summed E-state index contributed by atoms with van der Waals surface area (Å²) >= 11 is 0. The lowest BCUT2D eigenvalue weighted by molar-refractivity contribution is -0.126. The van der Waals surface area contributed by atoms with E-state index in [0.717, 1.165) is 67.7 Å². The lowest BCUT2D eigenvalue weighted by atomic mass is 9.88. The molecule has 1 atom stereocenters. The van der Waals surface area contributed by atoms with Crippen LogP contribution in [0.1, 0.15) is 61.8 Å². The number of carbonyl (C=O) groups excluding carboxylic acids is 1. The highest BCUT2D eigenvalue weighted by Crippen LogP contribution is 2.26. The number of nitrogens with one attached hydrogen (secondary N) is 1. The summed E-state index contributed by atoms with van der Waals surface area (Å²) in [5.74, 6) is 8.10. The maximum Gasteiger partial charge on any atom is 0.223 e. The van der Waals surface area contributed by atoms with Gasteiger partial charge in [-0.3, -0.25) is 4.79 Å². The van der Waals surface area contributed by atoms with Crippen LogP contribution in [0.3, 0.4) is 0 Å². The first-order valence-corrected chi connectivity index (χ1v) is 11.4. The van der Waals surface area contributed by atoms with E-state index in [1.807, 2.05) is 13.0 Å². The zero-order valence-electron chi connectivity index (χ0n) is 18.6. The highest BCUT2D eigenvalue weighted by atomic mass is 16.1. The van der Waals surface area contributed by atoms with E-state index in [2.05, 4.69) is 37.0 Å². The van der Waals surface area contributed by atoms with Crippen molar-refractivity contribution in [1.29, 1.82) is 0 Å².